The lowest BCUT2D eigenvalue weighted by atomic mass is 10.0. The zero-order chi connectivity index (χ0) is 26.3. The fourth-order valence-electron chi connectivity index (χ4n) is 4.17. The van der Waals surface area contributed by atoms with Gasteiger partial charge in [0.1, 0.15) is 11.4 Å². The first-order valence-electron chi connectivity index (χ1n) is 12.2. The molecule has 5 nitrogen and oxygen atoms in total. The Bertz CT molecular complexity index is 1110. The predicted octanol–water partition coefficient (Wildman–Crippen LogP) is 6.70. The number of nitrogens with zero attached hydrogens (tertiary/aromatic N) is 1. The summed E-state index contributed by atoms with van der Waals surface area (Å²) in [6.07, 6.45) is 0.119. The lowest BCUT2D eigenvalue weighted by Gasteiger charge is -2.32. The second-order valence-electron chi connectivity index (χ2n) is 10.1. The molecule has 0 heterocycles. The molecule has 0 spiro atoms. The minimum Gasteiger partial charge on any atom is -0.493 e. The highest BCUT2D eigenvalue weighted by atomic mass is 35.5. The summed E-state index contributed by atoms with van der Waals surface area (Å²) in [5, 5.41) is 11.7. The third-order valence-corrected chi connectivity index (χ3v) is 6.21. The van der Waals surface area contributed by atoms with Gasteiger partial charge in [0.2, 0.25) is 0 Å². The van der Waals surface area contributed by atoms with Crippen LogP contribution in [0.2, 0.25) is 5.02 Å². The van der Waals surface area contributed by atoms with Crippen molar-refractivity contribution in [1.82, 2.24) is 4.90 Å². The second kappa shape index (κ2) is 12.5. The summed E-state index contributed by atoms with van der Waals surface area (Å²) in [5.41, 5.74) is 2.84. The molecule has 0 radical (unpaired) electrons. The summed E-state index contributed by atoms with van der Waals surface area (Å²) in [7, 11) is 3.28. The average Bonchev–Trinajstić information content (AvgIpc) is 2.83. The van der Waals surface area contributed by atoms with Gasteiger partial charge in [-0.1, -0.05) is 41.9 Å². The minimum absolute atomic E-state index is 0.141. The summed E-state index contributed by atoms with van der Waals surface area (Å²) < 4.78 is 16.8. The lowest BCUT2D eigenvalue weighted by molar-refractivity contribution is 0.0858. The monoisotopic (exact) mass is 511 g/mol. The molecular weight excluding hydrogens is 474 g/mol. The molecule has 0 aliphatic carbocycles. The Balaban J connectivity index is 1.81. The molecule has 1 N–H and O–H groups in total. The van der Waals surface area contributed by atoms with Crippen molar-refractivity contribution in [1.29, 1.82) is 0 Å². The molecule has 36 heavy (non-hydrogen) atoms. The molecule has 0 saturated carbocycles. The van der Waals surface area contributed by atoms with Gasteiger partial charge >= 0.3 is 0 Å². The number of hydrogen-bond donors (Lipinski definition) is 1. The van der Waals surface area contributed by atoms with Crippen molar-refractivity contribution >= 4 is 11.6 Å². The van der Waals surface area contributed by atoms with Crippen molar-refractivity contribution in [2.75, 3.05) is 20.8 Å². The van der Waals surface area contributed by atoms with Gasteiger partial charge in [0, 0.05) is 24.2 Å². The van der Waals surface area contributed by atoms with Gasteiger partial charge in [-0.3, -0.25) is 4.90 Å². The Kier molecular flexibility index (Phi) is 9.66. The fourth-order valence-corrected chi connectivity index (χ4v) is 4.37. The van der Waals surface area contributed by atoms with Gasteiger partial charge in [-0.2, -0.15) is 0 Å². The first-order chi connectivity index (χ1) is 17.1. The van der Waals surface area contributed by atoms with Crippen LogP contribution in [0.15, 0.2) is 66.7 Å². The normalized spacial score (nSPS) is 13.4. The molecule has 0 bridgehead atoms. The van der Waals surface area contributed by atoms with E-state index in [1.165, 1.54) is 0 Å². The van der Waals surface area contributed by atoms with E-state index in [-0.39, 0.29) is 11.6 Å². The van der Waals surface area contributed by atoms with E-state index in [2.05, 4.69) is 30.0 Å². The van der Waals surface area contributed by atoms with Crippen molar-refractivity contribution in [2.45, 2.75) is 58.4 Å². The predicted molar refractivity (Wildman–Crippen MR) is 146 cm³/mol. The van der Waals surface area contributed by atoms with Crippen molar-refractivity contribution in [2.24, 2.45) is 0 Å². The smallest absolute Gasteiger partial charge is 0.160 e. The van der Waals surface area contributed by atoms with Crippen LogP contribution >= 0.6 is 11.6 Å². The first kappa shape index (κ1) is 27.9. The summed E-state index contributed by atoms with van der Waals surface area (Å²) in [5.74, 6) is 2.26. The number of benzene rings is 3. The van der Waals surface area contributed by atoms with E-state index in [0.29, 0.717) is 29.6 Å². The molecule has 3 rings (SSSR count). The third kappa shape index (κ3) is 8.16. The van der Waals surface area contributed by atoms with Crippen molar-refractivity contribution in [3.05, 3.63) is 88.4 Å². The maximum absolute atomic E-state index is 11.1. The first-order valence-corrected chi connectivity index (χ1v) is 12.6. The number of hydrogen-bond acceptors (Lipinski definition) is 5. The highest BCUT2D eigenvalue weighted by Crippen LogP contribution is 2.29. The number of ether oxygens (including phenoxy) is 3. The Morgan fingerprint density at radius 2 is 1.56 bits per heavy atom. The van der Waals surface area contributed by atoms with Crippen molar-refractivity contribution in [3.8, 4) is 17.2 Å². The van der Waals surface area contributed by atoms with Gasteiger partial charge in [0.05, 0.1) is 20.3 Å². The van der Waals surface area contributed by atoms with Crippen LogP contribution in [0.4, 0.5) is 0 Å². The number of rotatable bonds is 11. The van der Waals surface area contributed by atoms with E-state index in [1.807, 2.05) is 69.3 Å². The second-order valence-corrected chi connectivity index (χ2v) is 10.5. The van der Waals surface area contributed by atoms with Crippen molar-refractivity contribution in [3.63, 3.8) is 0 Å². The van der Waals surface area contributed by atoms with Crippen LogP contribution in [0, 0.1) is 0 Å². The standard InChI is InChI=1S/C30H38ClNO4/c1-21(16-23-12-15-28(34-5)29(17-23)35-6)32(20-27(33)24-8-7-9-25(31)18-24)19-22-10-13-26(14-11-22)36-30(2,3)4/h7-15,17-18,21,27,33H,16,19-20H2,1-6H3/t21-,27?/m1/s1. The molecule has 3 aromatic rings. The van der Waals surface area contributed by atoms with E-state index >= 15 is 0 Å². The molecule has 1 unspecified atom stereocenters. The van der Waals surface area contributed by atoms with Crippen LogP contribution in [0.1, 0.15) is 50.5 Å². The molecule has 0 aliphatic heterocycles. The Morgan fingerprint density at radius 3 is 2.17 bits per heavy atom. The topological polar surface area (TPSA) is 51.2 Å². The lowest BCUT2D eigenvalue weighted by Crippen LogP contribution is -2.37. The molecule has 194 valence electrons. The number of aliphatic hydroxyl groups is 1. The van der Waals surface area contributed by atoms with E-state index in [0.717, 1.165) is 28.9 Å². The van der Waals surface area contributed by atoms with Crippen molar-refractivity contribution < 1.29 is 19.3 Å². The number of methoxy groups -OCH3 is 2. The Morgan fingerprint density at radius 1 is 0.889 bits per heavy atom. The van der Waals surface area contributed by atoms with E-state index in [4.69, 9.17) is 25.8 Å². The summed E-state index contributed by atoms with van der Waals surface area (Å²) in [6, 6.07) is 21.7. The molecule has 6 heteroatoms. The summed E-state index contributed by atoms with van der Waals surface area (Å²) >= 11 is 6.18. The average molecular weight is 512 g/mol. The Hall–Kier alpha value is -2.73. The summed E-state index contributed by atoms with van der Waals surface area (Å²) in [4.78, 5) is 2.29. The molecule has 0 fully saturated rings. The van der Waals surface area contributed by atoms with Gasteiger partial charge in [-0.15, -0.1) is 0 Å². The van der Waals surface area contributed by atoms with Crippen LogP contribution in [-0.2, 0) is 13.0 Å². The molecule has 2 atom stereocenters. The zero-order valence-electron chi connectivity index (χ0n) is 22.1. The van der Waals surface area contributed by atoms with Crippen LogP contribution < -0.4 is 14.2 Å². The molecule has 3 aromatic carbocycles. The van der Waals surface area contributed by atoms with Gasteiger partial charge in [0.25, 0.3) is 0 Å². The molecule has 0 aromatic heterocycles. The van der Waals surface area contributed by atoms with Gasteiger partial charge in [-0.25, -0.2) is 0 Å². The van der Waals surface area contributed by atoms with Gasteiger partial charge in [0.15, 0.2) is 11.5 Å². The third-order valence-electron chi connectivity index (χ3n) is 5.98. The fraction of sp³-hybridized carbons (Fsp3) is 0.400. The van der Waals surface area contributed by atoms with E-state index in [1.54, 1.807) is 14.2 Å². The largest absolute Gasteiger partial charge is 0.493 e. The maximum Gasteiger partial charge on any atom is 0.160 e. The van der Waals surface area contributed by atoms with Crippen LogP contribution in [-0.4, -0.2) is 42.4 Å². The zero-order valence-corrected chi connectivity index (χ0v) is 22.9. The molecule has 0 saturated heterocycles. The maximum atomic E-state index is 11.1. The highest BCUT2D eigenvalue weighted by molar-refractivity contribution is 6.30. The number of halogens is 1. The van der Waals surface area contributed by atoms with Gasteiger partial charge in [-0.05, 0) is 87.2 Å². The van der Waals surface area contributed by atoms with E-state index < -0.39 is 6.10 Å². The molecule has 0 amide bonds. The Labute approximate surface area is 220 Å². The van der Waals surface area contributed by atoms with Crippen LogP contribution in [0.5, 0.6) is 17.2 Å². The molecular formula is C30H38ClNO4. The summed E-state index contributed by atoms with van der Waals surface area (Å²) in [6.45, 7) is 9.44. The number of aliphatic hydroxyl groups excluding tert-OH is 1. The van der Waals surface area contributed by atoms with Crippen LogP contribution in [0.3, 0.4) is 0 Å². The SMILES string of the molecule is COc1ccc(C[C@@H](C)N(Cc2ccc(OC(C)(C)C)cc2)CC(O)c2cccc(Cl)c2)cc1OC. The highest BCUT2D eigenvalue weighted by Gasteiger charge is 2.21. The van der Waals surface area contributed by atoms with Crippen LogP contribution in [0.25, 0.3) is 0 Å². The molecule has 0 aliphatic rings. The van der Waals surface area contributed by atoms with E-state index in [9.17, 15) is 5.11 Å². The quantitative estimate of drug-likeness (QED) is 0.310. The minimum atomic E-state index is -0.667. The van der Waals surface area contributed by atoms with Gasteiger partial charge < -0.3 is 19.3 Å².